The zero-order valence-corrected chi connectivity index (χ0v) is 12.3. The normalized spacial score (nSPS) is 34.5. The van der Waals surface area contributed by atoms with E-state index in [9.17, 15) is 9.90 Å². The number of rotatable bonds is 3. The molecule has 0 radical (unpaired) electrons. The van der Waals surface area contributed by atoms with Gasteiger partial charge in [0.15, 0.2) is 0 Å². The highest BCUT2D eigenvalue weighted by atomic mass is 16.4. The van der Waals surface area contributed by atoms with Crippen molar-refractivity contribution in [2.75, 3.05) is 6.54 Å². The maximum absolute atomic E-state index is 11.5. The monoisotopic (exact) mass is 267 g/mol. The minimum absolute atomic E-state index is 0.217. The van der Waals surface area contributed by atoms with E-state index in [1.54, 1.807) is 0 Å². The zero-order chi connectivity index (χ0) is 13.7. The van der Waals surface area contributed by atoms with Gasteiger partial charge in [-0.3, -0.25) is 9.69 Å². The Morgan fingerprint density at radius 3 is 2.63 bits per heavy atom. The van der Waals surface area contributed by atoms with E-state index in [0.29, 0.717) is 6.04 Å². The molecule has 1 saturated heterocycles. The first-order chi connectivity index (χ1) is 9.22. The van der Waals surface area contributed by atoms with Gasteiger partial charge in [0.2, 0.25) is 0 Å². The summed E-state index contributed by atoms with van der Waals surface area (Å²) in [5.41, 5.74) is 0. The van der Waals surface area contributed by atoms with Gasteiger partial charge in [0, 0.05) is 6.04 Å². The smallest absolute Gasteiger partial charge is 0.320 e. The van der Waals surface area contributed by atoms with Crippen molar-refractivity contribution in [1.82, 2.24) is 4.90 Å². The Kier molecular flexibility index (Phi) is 5.68. The van der Waals surface area contributed by atoms with Gasteiger partial charge < -0.3 is 5.11 Å². The van der Waals surface area contributed by atoms with Gasteiger partial charge in [-0.2, -0.15) is 0 Å². The summed E-state index contributed by atoms with van der Waals surface area (Å²) in [7, 11) is 0. The van der Waals surface area contributed by atoms with Crippen LogP contribution in [-0.2, 0) is 4.79 Å². The van der Waals surface area contributed by atoms with Gasteiger partial charge >= 0.3 is 5.97 Å². The molecule has 3 heteroatoms. The Hall–Kier alpha value is -0.570. The van der Waals surface area contributed by atoms with E-state index >= 15 is 0 Å². The molecular formula is C16H29NO2. The lowest BCUT2D eigenvalue weighted by Gasteiger charge is -2.34. The summed E-state index contributed by atoms with van der Waals surface area (Å²) in [6.07, 6.45) is 11.9. The van der Waals surface area contributed by atoms with Gasteiger partial charge in [-0.05, 0) is 44.6 Å². The van der Waals surface area contributed by atoms with Crippen LogP contribution in [0.3, 0.4) is 0 Å². The van der Waals surface area contributed by atoms with Crippen LogP contribution in [0.4, 0.5) is 0 Å². The summed E-state index contributed by atoms with van der Waals surface area (Å²) in [5, 5.41) is 9.49. The lowest BCUT2D eigenvalue weighted by atomic mass is 9.97. The van der Waals surface area contributed by atoms with E-state index in [-0.39, 0.29) is 6.04 Å². The summed E-state index contributed by atoms with van der Waals surface area (Å²) < 4.78 is 0. The van der Waals surface area contributed by atoms with Crippen LogP contribution in [0.5, 0.6) is 0 Å². The van der Waals surface area contributed by atoms with E-state index in [2.05, 4.69) is 11.8 Å². The number of carbonyl (C=O) groups is 1. The van der Waals surface area contributed by atoms with Crippen LogP contribution in [0.15, 0.2) is 0 Å². The molecule has 19 heavy (non-hydrogen) atoms. The van der Waals surface area contributed by atoms with Crippen LogP contribution in [0.2, 0.25) is 0 Å². The second-order valence-electron chi connectivity index (χ2n) is 6.38. The van der Waals surface area contributed by atoms with E-state index < -0.39 is 5.97 Å². The van der Waals surface area contributed by atoms with Gasteiger partial charge in [0.25, 0.3) is 0 Å². The third-order valence-corrected chi connectivity index (χ3v) is 5.18. The Bertz CT molecular complexity index is 292. The SMILES string of the molecule is CCC1CCCC(N2CCCCCC2C(=O)O)CC1. The molecule has 1 saturated carbocycles. The van der Waals surface area contributed by atoms with Crippen molar-refractivity contribution in [3.8, 4) is 0 Å². The molecule has 0 aromatic carbocycles. The predicted molar refractivity (Wildman–Crippen MR) is 77.3 cm³/mol. The molecule has 3 unspecified atom stereocenters. The standard InChI is InChI=1S/C16H29NO2/c1-2-13-7-6-8-14(11-10-13)17-12-5-3-4-9-15(17)16(18)19/h13-15H,2-12H2,1H3,(H,18,19). The number of aliphatic carboxylic acids is 1. The second-order valence-corrected chi connectivity index (χ2v) is 6.38. The third-order valence-electron chi connectivity index (χ3n) is 5.18. The lowest BCUT2D eigenvalue weighted by Crippen LogP contribution is -2.47. The van der Waals surface area contributed by atoms with Crippen molar-refractivity contribution in [2.24, 2.45) is 5.92 Å². The highest BCUT2D eigenvalue weighted by Gasteiger charge is 2.33. The zero-order valence-electron chi connectivity index (χ0n) is 12.3. The molecular weight excluding hydrogens is 238 g/mol. The average Bonchev–Trinajstić information content (AvgIpc) is 2.78. The highest BCUT2D eigenvalue weighted by molar-refractivity contribution is 5.73. The molecule has 1 aliphatic heterocycles. The van der Waals surface area contributed by atoms with Gasteiger partial charge in [0.1, 0.15) is 6.04 Å². The largest absolute Gasteiger partial charge is 0.480 e. The van der Waals surface area contributed by atoms with Crippen LogP contribution in [0, 0.1) is 5.92 Å². The molecule has 2 aliphatic rings. The molecule has 2 rings (SSSR count). The highest BCUT2D eigenvalue weighted by Crippen LogP contribution is 2.31. The fourth-order valence-electron chi connectivity index (χ4n) is 3.93. The van der Waals surface area contributed by atoms with Gasteiger partial charge in [-0.25, -0.2) is 0 Å². The van der Waals surface area contributed by atoms with Crippen molar-refractivity contribution in [3.63, 3.8) is 0 Å². The van der Waals surface area contributed by atoms with Crippen molar-refractivity contribution in [3.05, 3.63) is 0 Å². The minimum Gasteiger partial charge on any atom is -0.480 e. The Balaban J connectivity index is 2.01. The van der Waals surface area contributed by atoms with Gasteiger partial charge in [-0.1, -0.05) is 39.0 Å². The molecule has 3 atom stereocenters. The Labute approximate surface area is 117 Å². The summed E-state index contributed by atoms with van der Waals surface area (Å²) in [6.45, 7) is 3.29. The summed E-state index contributed by atoms with van der Waals surface area (Å²) in [6, 6.07) is 0.307. The van der Waals surface area contributed by atoms with Crippen molar-refractivity contribution in [2.45, 2.75) is 83.2 Å². The van der Waals surface area contributed by atoms with E-state index in [1.165, 1.54) is 51.4 Å². The maximum Gasteiger partial charge on any atom is 0.320 e. The summed E-state index contributed by atoms with van der Waals surface area (Å²) >= 11 is 0. The Morgan fingerprint density at radius 1 is 1.05 bits per heavy atom. The van der Waals surface area contributed by atoms with Crippen LogP contribution >= 0.6 is 0 Å². The first-order valence-electron chi connectivity index (χ1n) is 8.21. The van der Waals surface area contributed by atoms with Crippen molar-refractivity contribution < 1.29 is 9.90 Å². The third kappa shape index (κ3) is 3.95. The number of hydrogen-bond donors (Lipinski definition) is 1. The first kappa shape index (κ1) is 14.8. The molecule has 3 nitrogen and oxygen atoms in total. The van der Waals surface area contributed by atoms with E-state index in [4.69, 9.17) is 0 Å². The average molecular weight is 267 g/mol. The molecule has 1 N–H and O–H groups in total. The molecule has 2 fully saturated rings. The van der Waals surface area contributed by atoms with Crippen molar-refractivity contribution >= 4 is 5.97 Å². The number of nitrogens with zero attached hydrogens (tertiary/aromatic N) is 1. The maximum atomic E-state index is 11.5. The minimum atomic E-state index is -0.599. The first-order valence-corrected chi connectivity index (χ1v) is 8.21. The predicted octanol–water partition coefficient (Wildman–Crippen LogP) is 3.67. The van der Waals surface area contributed by atoms with Crippen LogP contribution in [0.25, 0.3) is 0 Å². The number of carboxylic acid groups (broad SMARTS) is 1. The van der Waals surface area contributed by atoms with Crippen LogP contribution in [-0.4, -0.2) is 34.6 Å². The van der Waals surface area contributed by atoms with Crippen LogP contribution < -0.4 is 0 Å². The van der Waals surface area contributed by atoms with E-state index in [0.717, 1.165) is 25.3 Å². The topological polar surface area (TPSA) is 40.5 Å². The summed E-state index contributed by atoms with van der Waals surface area (Å²) in [4.78, 5) is 13.9. The second kappa shape index (κ2) is 7.28. The van der Waals surface area contributed by atoms with Gasteiger partial charge in [-0.15, -0.1) is 0 Å². The molecule has 0 amide bonds. The lowest BCUT2D eigenvalue weighted by molar-refractivity contribution is -0.144. The quantitative estimate of drug-likeness (QED) is 0.793. The molecule has 1 aliphatic carbocycles. The molecule has 110 valence electrons. The molecule has 0 spiro atoms. The van der Waals surface area contributed by atoms with E-state index in [1.807, 2.05) is 0 Å². The fourth-order valence-corrected chi connectivity index (χ4v) is 3.93. The molecule has 0 aromatic heterocycles. The number of carboxylic acids is 1. The molecule has 0 bridgehead atoms. The summed E-state index contributed by atoms with van der Waals surface area (Å²) in [5.74, 6) is 0.276. The number of hydrogen-bond acceptors (Lipinski definition) is 2. The molecule has 1 heterocycles. The fraction of sp³-hybridized carbons (Fsp3) is 0.938. The van der Waals surface area contributed by atoms with Crippen LogP contribution in [0.1, 0.15) is 71.1 Å². The van der Waals surface area contributed by atoms with Crippen molar-refractivity contribution in [1.29, 1.82) is 0 Å². The Morgan fingerprint density at radius 2 is 1.89 bits per heavy atom. The van der Waals surface area contributed by atoms with Gasteiger partial charge in [0.05, 0.1) is 0 Å². The molecule has 0 aromatic rings. The number of likely N-dealkylation sites (tertiary alicyclic amines) is 1.